The number of benzene rings is 1. The van der Waals surface area contributed by atoms with Crippen LogP contribution >= 0.6 is 34.8 Å². The van der Waals surface area contributed by atoms with Gasteiger partial charge in [0.05, 0.1) is 6.04 Å². The van der Waals surface area contributed by atoms with Gasteiger partial charge in [-0.15, -0.1) is 0 Å². The van der Waals surface area contributed by atoms with Gasteiger partial charge < -0.3 is 14.8 Å². The van der Waals surface area contributed by atoms with Gasteiger partial charge in [-0.1, -0.05) is 34.8 Å². The Kier molecular flexibility index (Phi) is 2.82. The van der Waals surface area contributed by atoms with Crippen LogP contribution in [0.3, 0.4) is 0 Å². The molecule has 1 aromatic carbocycles. The van der Waals surface area contributed by atoms with Crippen molar-refractivity contribution in [3.8, 4) is 11.5 Å². The lowest BCUT2D eigenvalue weighted by atomic mass is 9.94. The van der Waals surface area contributed by atoms with Gasteiger partial charge in [-0.05, 0) is 36.2 Å². The Labute approximate surface area is 114 Å². The molecule has 0 aliphatic carbocycles. The number of rotatable bonds is 0. The van der Waals surface area contributed by atoms with E-state index < -0.39 is 3.79 Å². The average molecular weight is 295 g/mol. The minimum Gasteiger partial charge on any atom is -0.454 e. The van der Waals surface area contributed by atoms with Crippen molar-refractivity contribution in [3.05, 3.63) is 23.3 Å². The van der Waals surface area contributed by atoms with Crippen LogP contribution in [0.1, 0.15) is 17.2 Å². The highest BCUT2D eigenvalue weighted by molar-refractivity contribution is 6.68. The van der Waals surface area contributed by atoms with Gasteiger partial charge in [0.2, 0.25) is 10.6 Å². The summed E-state index contributed by atoms with van der Waals surface area (Å²) in [5, 5.41) is 3.21. The zero-order valence-corrected chi connectivity index (χ0v) is 11.1. The predicted molar refractivity (Wildman–Crippen MR) is 67.3 cm³/mol. The molecule has 92 valence electrons. The molecular weight excluding hydrogens is 284 g/mol. The summed E-state index contributed by atoms with van der Waals surface area (Å²) in [5.41, 5.74) is 2.12. The summed E-state index contributed by atoms with van der Waals surface area (Å²) in [4.78, 5) is 0. The first-order valence-electron chi connectivity index (χ1n) is 5.28. The van der Waals surface area contributed by atoms with Crippen molar-refractivity contribution < 1.29 is 9.47 Å². The Balaban J connectivity index is 2.08. The third kappa shape index (κ3) is 2.06. The minimum atomic E-state index is -1.37. The number of nitrogens with one attached hydrogen (secondary N) is 1. The smallest absolute Gasteiger partial charge is 0.231 e. The zero-order valence-electron chi connectivity index (χ0n) is 8.80. The van der Waals surface area contributed by atoms with E-state index in [0.717, 1.165) is 29.8 Å². The summed E-state index contributed by atoms with van der Waals surface area (Å²) in [6.07, 6.45) is 0.892. The van der Waals surface area contributed by atoms with Crippen LogP contribution in [0.15, 0.2) is 12.1 Å². The summed E-state index contributed by atoms with van der Waals surface area (Å²) >= 11 is 18.0. The summed E-state index contributed by atoms with van der Waals surface area (Å²) in [7, 11) is 0. The van der Waals surface area contributed by atoms with Crippen LogP contribution in [0.25, 0.3) is 0 Å². The molecule has 0 saturated carbocycles. The first-order chi connectivity index (χ1) is 8.05. The lowest BCUT2D eigenvalue weighted by Gasteiger charge is -2.31. The van der Waals surface area contributed by atoms with E-state index in [2.05, 4.69) is 5.32 Å². The number of hydrogen-bond acceptors (Lipinski definition) is 3. The standard InChI is InChI=1S/C11H10Cl3NO2/c12-11(13,14)10-7-4-9-8(16-5-17-9)3-6(7)1-2-15-10/h3-4,10,15H,1-2,5H2. The fourth-order valence-corrected chi connectivity index (χ4v) is 2.82. The molecule has 1 N–H and O–H groups in total. The highest BCUT2D eigenvalue weighted by Crippen LogP contribution is 2.45. The van der Waals surface area contributed by atoms with E-state index in [4.69, 9.17) is 44.3 Å². The number of alkyl halides is 3. The van der Waals surface area contributed by atoms with E-state index in [1.165, 1.54) is 0 Å². The van der Waals surface area contributed by atoms with Gasteiger partial charge in [0, 0.05) is 0 Å². The maximum atomic E-state index is 5.99. The monoisotopic (exact) mass is 293 g/mol. The van der Waals surface area contributed by atoms with Crippen molar-refractivity contribution in [2.45, 2.75) is 16.3 Å². The molecule has 0 amide bonds. The summed E-state index contributed by atoms with van der Waals surface area (Å²) < 4.78 is 9.32. The van der Waals surface area contributed by atoms with Gasteiger partial charge in [-0.2, -0.15) is 0 Å². The largest absolute Gasteiger partial charge is 0.454 e. The first kappa shape index (κ1) is 11.7. The molecule has 3 rings (SSSR count). The quantitative estimate of drug-likeness (QED) is 0.746. The van der Waals surface area contributed by atoms with E-state index in [1.807, 2.05) is 12.1 Å². The molecule has 6 heteroatoms. The Morgan fingerprint density at radius 2 is 1.88 bits per heavy atom. The van der Waals surface area contributed by atoms with Crippen LogP contribution in [0.2, 0.25) is 0 Å². The lowest BCUT2D eigenvalue weighted by molar-refractivity contribution is 0.174. The summed E-state index contributed by atoms with van der Waals surface area (Å²) in [5.74, 6) is 1.49. The fraction of sp³-hybridized carbons (Fsp3) is 0.455. The van der Waals surface area contributed by atoms with Crippen LogP contribution in [-0.4, -0.2) is 17.1 Å². The predicted octanol–water partition coefficient (Wildman–Crippen LogP) is 2.97. The molecule has 0 bridgehead atoms. The Morgan fingerprint density at radius 3 is 2.59 bits per heavy atom. The molecule has 1 unspecified atom stereocenters. The van der Waals surface area contributed by atoms with Gasteiger partial charge >= 0.3 is 0 Å². The third-order valence-corrected chi connectivity index (χ3v) is 3.67. The Hall–Kier alpha value is -0.350. The summed E-state index contributed by atoms with van der Waals surface area (Å²) in [6, 6.07) is 3.56. The van der Waals surface area contributed by atoms with Crippen LogP contribution in [0.5, 0.6) is 11.5 Å². The molecule has 0 radical (unpaired) electrons. The topological polar surface area (TPSA) is 30.5 Å². The molecule has 17 heavy (non-hydrogen) atoms. The second-order valence-corrected chi connectivity index (χ2v) is 6.45. The van der Waals surface area contributed by atoms with Crippen LogP contribution < -0.4 is 14.8 Å². The SMILES string of the molecule is ClC(Cl)(Cl)C1NCCc2cc3c(cc21)OCO3. The van der Waals surface area contributed by atoms with E-state index in [1.54, 1.807) is 0 Å². The maximum absolute atomic E-state index is 5.99. The molecule has 0 fully saturated rings. The molecule has 0 spiro atoms. The van der Waals surface area contributed by atoms with Gasteiger partial charge in [0.1, 0.15) is 0 Å². The van der Waals surface area contributed by atoms with Gasteiger partial charge in [0.25, 0.3) is 0 Å². The summed E-state index contributed by atoms with van der Waals surface area (Å²) in [6.45, 7) is 1.04. The molecule has 2 aliphatic rings. The Morgan fingerprint density at radius 1 is 1.18 bits per heavy atom. The molecular formula is C11H10Cl3NO2. The molecule has 2 heterocycles. The molecule has 3 nitrogen and oxygen atoms in total. The van der Waals surface area contributed by atoms with E-state index in [9.17, 15) is 0 Å². The minimum absolute atomic E-state index is 0.254. The van der Waals surface area contributed by atoms with Gasteiger partial charge in [-0.25, -0.2) is 0 Å². The molecule has 1 aromatic rings. The molecule has 0 saturated heterocycles. The number of ether oxygens (including phenoxy) is 2. The number of hydrogen-bond donors (Lipinski definition) is 1. The van der Waals surface area contributed by atoms with E-state index >= 15 is 0 Å². The highest BCUT2D eigenvalue weighted by Gasteiger charge is 2.37. The molecule has 2 aliphatic heterocycles. The lowest BCUT2D eigenvalue weighted by Crippen LogP contribution is -2.37. The highest BCUT2D eigenvalue weighted by atomic mass is 35.6. The fourth-order valence-electron chi connectivity index (χ4n) is 2.24. The van der Waals surface area contributed by atoms with E-state index in [0.29, 0.717) is 5.75 Å². The first-order valence-corrected chi connectivity index (χ1v) is 6.41. The van der Waals surface area contributed by atoms with Crippen LogP contribution in [0, 0.1) is 0 Å². The zero-order chi connectivity index (χ0) is 12.0. The van der Waals surface area contributed by atoms with Crippen LogP contribution in [-0.2, 0) is 6.42 Å². The number of halogens is 3. The van der Waals surface area contributed by atoms with Crippen molar-refractivity contribution in [1.82, 2.24) is 5.32 Å². The van der Waals surface area contributed by atoms with Crippen molar-refractivity contribution in [2.24, 2.45) is 0 Å². The van der Waals surface area contributed by atoms with Crippen LogP contribution in [0.4, 0.5) is 0 Å². The third-order valence-electron chi connectivity index (χ3n) is 3.02. The van der Waals surface area contributed by atoms with Gasteiger partial charge in [-0.3, -0.25) is 0 Å². The van der Waals surface area contributed by atoms with Crippen molar-refractivity contribution in [2.75, 3.05) is 13.3 Å². The average Bonchev–Trinajstić information content (AvgIpc) is 2.70. The van der Waals surface area contributed by atoms with E-state index in [-0.39, 0.29) is 12.8 Å². The normalized spacial score (nSPS) is 22.4. The maximum Gasteiger partial charge on any atom is 0.231 e. The molecule has 1 atom stereocenters. The second kappa shape index (κ2) is 4.09. The van der Waals surface area contributed by atoms with Crippen molar-refractivity contribution in [1.29, 1.82) is 0 Å². The van der Waals surface area contributed by atoms with Crippen molar-refractivity contribution >= 4 is 34.8 Å². The molecule has 0 aromatic heterocycles. The van der Waals surface area contributed by atoms with Gasteiger partial charge in [0.15, 0.2) is 11.5 Å². The number of fused-ring (bicyclic) bond motifs is 2. The Bertz CT molecular complexity index is 459. The van der Waals surface area contributed by atoms with Crippen molar-refractivity contribution in [3.63, 3.8) is 0 Å². The second-order valence-electron chi connectivity index (χ2n) is 4.08.